The van der Waals surface area contributed by atoms with Crippen molar-refractivity contribution in [3.63, 3.8) is 0 Å². The fourth-order valence-electron chi connectivity index (χ4n) is 3.23. The monoisotopic (exact) mass is 341 g/mol. The number of likely N-dealkylation sites (tertiary alicyclic amines) is 1. The summed E-state index contributed by atoms with van der Waals surface area (Å²) in [5.74, 6) is 0.860. The molecule has 3 aromatic rings. The summed E-state index contributed by atoms with van der Waals surface area (Å²) >= 11 is 1.64. The molecule has 3 heterocycles. The summed E-state index contributed by atoms with van der Waals surface area (Å²) in [5, 5.41) is 4.06. The van der Waals surface area contributed by atoms with E-state index in [2.05, 4.69) is 20.3 Å². The van der Waals surface area contributed by atoms with Crippen LogP contribution in [0.2, 0.25) is 0 Å². The number of benzene rings is 1. The van der Waals surface area contributed by atoms with Crippen LogP contribution in [-0.2, 0) is 0 Å². The van der Waals surface area contributed by atoms with E-state index < -0.39 is 0 Å². The number of nitrogens with zero attached hydrogens (tertiary/aromatic N) is 3. The Morgan fingerprint density at radius 1 is 1.42 bits per heavy atom. The molecule has 124 valence electrons. The number of urea groups is 1. The number of hydrogen-bond donors (Lipinski definition) is 2. The highest BCUT2D eigenvalue weighted by Gasteiger charge is 2.29. The second-order valence-electron chi connectivity index (χ2n) is 6.02. The minimum Gasteiger partial charge on any atom is -0.347 e. The number of nitrogens with one attached hydrogen (secondary N) is 2. The number of carbonyl (C=O) groups excluding carboxylic acids is 1. The van der Waals surface area contributed by atoms with Gasteiger partial charge >= 0.3 is 6.03 Å². The first-order valence-corrected chi connectivity index (χ1v) is 8.96. The first-order valence-electron chi connectivity index (χ1n) is 8.15. The summed E-state index contributed by atoms with van der Waals surface area (Å²) in [6, 6.07) is 5.80. The number of aryl methyl sites for hydroxylation is 1. The second-order valence-corrected chi connectivity index (χ2v) is 7.26. The zero-order valence-electron chi connectivity index (χ0n) is 13.5. The van der Waals surface area contributed by atoms with Crippen LogP contribution >= 0.6 is 11.3 Å². The number of amides is 2. The van der Waals surface area contributed by atoms with Gasteiger partial charge in [-0.25, -0.2) is 14.8 Å². The van der Waals surface area contributed by atoms with Crippen molar-refractivity contribution < 1.29 is 4.79 Å². The number of aromatic amines is 1. The van der Waals surface area contributed by atoms with E-state index in [1.165, 1.54) is 0 Å². The summed E-state index contributed by atoms with van der Waals surface area (Å²) in [5.41, 5.74) is 1.78. The van der Waals surface area contributed by atoms with Gasteiger partial charge in [0.15, 0.2) is 0 Å². The average Bonchev–Trinajstić information content (AvgIpc) is 3.23. The van der Waals surface area contributed by atoms with Crippen LogP contribution in [0, 0.1) is 6.92 Å². The van der Waals surface area contributed by atoms with Gasteiger partial charge in [-0.2, -0.15) is 0 Å². The van der Waals surface area contributed by atoms with Gasteiger partial charge in [-0.1, -0.05) is 0 Å². The number of thiazole rings is 1. The Morgan fingerprint density at radius 3 is 3.17 bits per heavy atom. The molecule has 2 aromatic heterocycles. The lowest BCUT2D eigenvalue weighted by Crippen LogP contribution is -2.41. The third-order valence-electron chi connectivity index (χ3n) is 4.35. The smallest absolute Gasteiger partial charge is 0.322 e. The molecule has 1 aliphatic rings. The first-order chi connectivity index (χ1) is 11.7. The number of fused-ring (bicyclic) bond motifs is 1. The number of hydrogen-bond acceptors (Lipinski definition) is 4. The number of imidazole rings is 1. The highest BCUT2D eigenvalue weighted by molar-refractivity contribution is 7.18. The lowest BCUT2D eigenvalue weighted by atomic mass is 10.0. The lowest BCUT2D eigenvalue weighted by molar-refractivity contribution is 0.160. The van der Waals surface area contributed by atoms with E-state index in [4.69, 9.17) is 0 Å². The molecule has 2 N–H and O–H groups in total. The van der Waals surface area contributed by atoms with Gasteiger partial charge in [0.05, 0.1) is 21.3 Å². The fourth-order valence-corrected chi connectivity index (χ4v) is 4.10. The predicted octanol–water partition coefficient (Wildman–Crippen LogP) is 4.09. The maximum absolute atomic E-state index is 12.8. The Balaban J connectivity index is 1.54. The maximum atomic E-state index is 12.8. The molecule has 0 radical (unpaired) electrons. The zero-order valence-corrected chi connectivity index (χ0v) is 14.3. The summed E-state index contributed by atoms with van der Waals surface area (Å²) in [4.78, 5) is 26.6. The van der Waals surface area contributed by atoms with Gasteiger partial charge in [0.1, 0.15) is 5.82 Å². The summed E-state index contributed by atoms with van der Waals surface area (Å²) in [7, 11) is 0. The Bertz CT molecular complexity index is 857. The molecule has 0 bridgehead atoms. The number of carbonyl (C=O) groups is 1. The molecule has 0 aliphatic carbocycles. The van der Waals surface area contributed by atoms with Crippen molar-refractivity contribution in [2.24, 2.45) is 0 Å². The van der Waals surface area contributed by atoms with Crippen molar-refractivity contribution in [3.05, 3.63) is 41.4 Å². The molecule has 0 saturated carbocycles. The Labute approximate surface area is 143 Å². The van der Waals surface area contributed by atoms with Crippen LogP contribution in [0.4, 0.5) is 10.5 Å². The van der Waals surface area contributed by atoms with Crippen LogP contribution in [-0.4, -0.2) is 32.4 Å². The number of aromatic nitrogens is 3. The maximum Gasteiger partial charge on any atom is 0.322 e. The van der Waals surface area contributed by atoms with E-state index in [1.54, 1.807) is 23.7 Å². The number of piperidine rings is 1. The van der Waals surface area contributed by atoms with Crippen LogP contribution in [0.1, 0.15) is 36.1 Å². The van der Waals surface area contributed by atoms with Crippen LogP contribution in [0.5, 0.6) is 0 Å². The quantitative estimate of drug-likeness (QED) is 0.737. The zero-order chi connectivity index (χ0) is 16.5. The fraction of sp³-hybridized carbons (Fsp3) is 0.353. The van der Waals surface area contributed by atoms with E-state index in [0.717, 1.165) is 52.5 Å². The SMILES string of the molecule is Cc1nc2ccc(NC(=O)N3CCCC[C@@H]3c3ncc[nH]3)cc2s1. The normalized spacial score (nSPS) is 18.0. The van der Waals surface area contributed by atoms with E-state index in [9.17, 15) is 4.79 Å². The molecule has 1 atom stereocenters. The van der Waals surface area contributed by atoms with Crippen LogP contribution < -0.4 is 5.32 Å². The van der Waals surface area contributed by atoms with Crippen molar-refractivity contribution in [2.75, 3.05) is 11.9 Å². The average molecular weight is 341 g/mol. The highest BCUT2D eigenvalue weighted by atomic mass is 32.1. The van der Waals surface area contributed by atoms with Crippen molar-refractivity contribution >= 4 is 33.3 Å². The van der Waals surface area contributed by atoms with Gasteiger partial charge in [-0.05, 0) is 44.4 Å². The Hall–Kier alpha value is -2.41. The Kier molecular flexibility index (Phi) is 3.93. The summed E-state index contributed by atoms with van der Waals surface area (Å²) < 4.78 is 1.09. The lowest BCUT2D eigenvalue weighted by Gasteiger charge is -2.34. The molecule has 4 rings (SSSR count). The summed E-state index contributed by atoms with van der Waals surface area (Å²) in [6.07, 6.45) is 6.62. The standard InChI is InChI=1S/C17H19N5OS/c1-11-20-13-6-5-12(10-15(13)24-11)21-17(23)22-9-3-2-4-14(22)16-18-7-8-19-16/h5-8,10,14H,2-4,9H2,1H3,(H,18,19)(H,21,23)/t14-/m1/s1. The third kappa shape index (κ3) is 2.87. The first kappa shape index (κ1) is 15.1. The molecule has 24 heavy (non-hydrogen) atoms. The largest absolute Gasteiger partial charge is 0.347 e. The number of rotatable bonds is 2. The topological polar surface area (TPSA) is 73.9 Å². The molecular formula is C17H19N5OS. The molecule has 1 fully saturated rings. The number of H-pyrrole nitrogens is 1. The van der Waals surface area contributed by atoms with Crippen molar-refractivity contribution in [1.82, 2.24) is 19.9 Å². The number of anilines is 1. The molecule has 1 saturated heterocycles. The third-order valence-corrected chi connectivity index (χ3v) is 5.28. The Morgan fingerprint density at radius 2 is 2.33 bits per heavy atom. The van der Waals surface area contributed by atoms with Crippen molar-refractivity contribution in [2.45, 2.75) is 32.2 Å². The molecule has 0 spiro atoms. The van der Waals surface area contributed by atoms with Gasteiger partial charge in [0.25, 0.3) is 0 Å². The van der Waals surface area contributed by atoms with Gasteiger partial charge in [-0.15, -0.1) is 11.3 Å². The van der Waals surface area contributed by atoms with Gasteiger partial charge < -0.3 is 15.2 Å². The predicted molar refractivity (Wildman–Crippen MR) is 95.3 cm³/mol. The van der Waals surface area contributed by atoms with Crippen LogP contribution in [0.3, 0.4) is 0 Å². The van der Waals surface area contributed by atoms with Crippen LogP contribution in [0.25, 0.3) is 10.2 Å². The molecule has 7 heteroatoms. The molecule has 1 aliphatic heterocycles. The van der Waals surface area contributed by atoms with E-state index >= 15 is 0 Å². The van der Waals surface area contributed by atoms with Crippen LogP contribution in [0.15, 0.2) is 30.6 Å². The molecule has 2 amide bonds. The molecule has 6 nitrogen and oxygen atoms in total. The van der Waals surface area contributed by atoms with Gasteiger partial charge in [-0.3, -0.25) is 0 Å². The van der Waals surface area contributed by atoms with Gasteiger partial charge in [0.2, 0.25) is 0 Å². The van der Waals surface area contributed by atoms with Crippen molar-refractivity contribution in [3.8, 4) is 0 Å². The minimum atomic E-state index is -0.0725. The highest BCUT2D eigenvalue weighted by Crippen LogP contribution is 2.30. The minimum absolute atomic E-state index is 0.0168. The molecule has 0 unspecified atom stereocenters. The van der Waals surface area contributed by atoms with E-state index in [0.29, 0.717) is 0 Å². The van der Waals surface area contributed by atoms with Crippen molar-refractivity contribution in [1.29, 1.82) is 0 Å². The molecule has 1 aromatic carbocycles. The van der Waals surface area contributed by atoms with E-state index in [1.807, 2.05) is 30.0 Å². The molecular weight excluding hydrogens is 322 g/mol. The second kappa shape index (κ2) is 6.24. The summed E-state index contributed by atoms with van der Waals surface area (Å²) in [6.45, 7) is 2.74. The van der Waals surface area contributed by atoms with E-state index in [-0.39, 0.29) is 12.1 Å². The van der Waals surface area contributed by atoms with Gasteiger partial charge in [0, 0.05) is 24.6 Å².